The molecular weight excluding hydrogens is 512 g/mol. The summed E-state index contributed by atoms with van der Waals surface area (Å²) in [5, 5.41) is 0. The molecule has 2 aromatic rings. The number of hydrogen-bond acceptors (Lipinski definition) is 4. The van der Waals surface area contributed by atoms with Gasteiger partial charge in [0.2, 0.25) is 0 Å². The first-order valence-electron chi connectivity index (χ1n) is 8.38. The molecule has 8 heteroatoms. The van der Waals surface area contributed by atoms with Gasteiger partial charge in [-0.05, 0) is 57.0 Å². The van der Waals surface area contributed by atoms with Crippen molar-refractivity contribution in [3.8, 4) is 0 Å². The average Bonchev–Trinajstić information content (AvgIpc) is 3.31. The van der Waals surface area contributed by atoms with E-state index in [1.165, 1.54) is 4.88 Å². The third-order valence-corrected chi connectivity index (χ3v) is 8.65. The normalized spacial score (nSPS) is 22.4. The molecule has 6 rings (SSSR count). The molecule has 2 aromatic heterocycles. The zero-order chi connectivity index (χ0) is 18.6. The quantitative estimate of drug-likeness (QED) is 0.485. The summed E-state index contributed by atoms with van der Waals surface area (Å²) in [6.07, 6.45) is 4.54. The van der Waals surface area contributed by atoms with Gasteiger partial charge in [-0.1, -0.05) is 0 Å². The smallest absolute Gasteiger partial charge is 0.265 e. The zero-order valence-electron chi connectivity index (χ0n) is 13.9. The summed E-state index contributed by atoms with van der Waals surface area (Å²) in [5.74, 6) is -0.174. The lowest BCUT2D eigenvalue weighted by atomic mass is 9.98. The van der Waals surface area contributed by atoms with E-state index in [2.05, 4.69) is 38.8 Å². The molecule has 0 fully saturated rings. The van der Waals surface area contributed by atoms with Crippen molar-refractivity contribution in [3.05, 3.63) is 57.9 Å². The maximum atomic E-state index is 13.5. The van der Waals surface area contributed by atoms with Crippen molar-refractivity contribution in [1.29, 1.82) is 0 Å². The number of halogens is 2. The van der Waals surface area contributed by atoms with E-state index in [0.717, 1.165) is 41.4 Å². The van der Waals surface area contributed by atoms with Gasteiger partial charge in [-0.2, -0.15) is 0 Å². The van der Waals surface area contributed by atoms with E-state index in [1.54, 1.807) is 33.8 Å². The molecule has 0 aromatic carbocycles. The summed E-state index contributed by atoms with van der Waals surface area (Å²) in [4.78, 5) is 32.6. The summed E-state index contributed by atoms with van der Waals surface area (Å²) < 4.78 is 2.01. The number of carbonyl (C=O) groups is 2. The first-order valence-corrected chi connectivity index (χ1v) is 11.6. The number of hydrogen-bond donors (Lipinski definition) is 0. The van der Waals surface area contributed by atoms with Crippen LogP contribution in [-0.2, 0) is 16.0 Å². The molecule has 0 bridgehead atoms. The van der Waals surface area contributed by atoms with Gasteiger partial charge in [-0.15, -0.1) is 22.7 Å². The Bertz CT molecular complexity index is 1200. The molecule has 2 amide bonds. The maximum Gasteiger partial charge on any atom is 0.265 e. The van der Waals surface area contributed by atoms with Crippen LogP contribution in [0.15, 0.2) is 37.1 Å². The second-order valence-electron chi connectivity index (χ2n) is 6.88. The molecule has 0 aliphatic carbocycles. The zero-order valence-corrected chi connectivity index (χ0v) is 18.7. The van der Waals surface area contributed by atoms with Crippen LogP contribution in [0.4, 0.5) is 0 Å². The molecule has 1 atom stereocenters. The molecular formula is C19H10Br2N2O2S2. The Labute approximate surface area is 179 Å². The largest absolute Gasteiger partial charge is 0.304 e. The van der Waals surface area contributed by atoms with Crippen LogP contribution in [0.3, 0.4) is 0 Å². The molecule has 134 valence electrons. The minimum atomic E-state index is -0.113. The third kappa shape index (κ3) is 1.97. The molecule has 0 radical (unpaired) electrons. The van der Waals surface area contributed by atoms with E-state index in [0.29, 0.717) is 11.1 Å². The van der Waals surface area contributed by atoms with Gasteiger partial charge in [-0.25, -0.2) is 0 Å². The van der Waals surface area contributed by atoms with Crippen LogP contribution in [0.1, 0.15) is 27.8 Å². The molecule has 4 aliphatic heterocycles. The van der Waals surface area contributed by atoms with Crippen LogP contribution in [0.25, 0.3) is 17.5 Å². The van der Waals surface area contributed by atoms with Gasteiger partial charge >= 0.3 is 0 Å². The molecule has 27 heavy (non-hydrogen) atoms. The van der Waals surface area contributed by atoms with Crippen LogP contribution in [0, 0.1) is 0 Å². The lowest BCUT2D eigenvalue weighted by Crippen LogP contribution is -2.39. The Balaban J connectivity index is 1.70. The summed E-state index contributed by atoms with van der Waals surface area (Å²) in [6.45, 7) is 2.05. The summed E-state index contributed by atoms with van der Waals surface area (Å²) in [5.41, 5.74) is 4.56. The summed E-state index contributed by atoms with van der Waals surface area (Å²) in [7, 11) is 0. The number of rotatable bonds is 0. The third-order valence-electron chi connectivity index (χ3n) is 5.39. The predicted octanol–water partition coefficient (Wildman–Crippen LogP) is 5.07. The average molecular weight is 522 g/mol. The van der Waals surface area contributed by atoms with Crippen molar-refractivity contribution in [3.63, 3.8) is 0 Å². The Morgan fingerprint density at radius 3 is 2.52 bits per heavy atom. The second-order valence-corrected chi connectivity index (χ2v) is 11.9. The van der Waals surface area contributed by atoms with Crippen molar-refractivity contribution in [1.82, 2.24) is 9.80 Å². The number of nitrogens with zero attached hydrogens (tertiary/aromatic N) is 2. The number of amides is 2. The van der Waals surface area contributed by atoms with Crippen molar-refractivity contribution >= 4 is 83.8 Å². The highest BCUT2D eigenvalue weighted by molar-refractivity contribution is 9.11. The van der Waals surface area contributed by atoms with Gasteiger partial charge in [0.25, 0.3) is 11.8 Å². The molecule has 4 aliphatic rings. The van der Waals surface area contributed by atoms with E-state index in [1.807, 2.05) is 23.1 Å². The van der Waals surface area contributed by atoms with Crippen molar-refractivity contribution < 1.29 is 9.59 Å². The van der Waals surface area contributed by atoms with E-state index >= 15 is 0 Å². The van der Waals surface area contributed by atoms with Crippen LogP contribution < -0.4 is 0 Å². The van der Waals surface area contributed by atoms with E-state index in [-0.39, 0.29) is 17.9 Å². The molecule has 0 saturated heterocycles. The molecule has 0 saturated carbocycles. The van der Waals surface area contributed by atoms with Gasteiger partial charge in [0, 0.05) is 39.5 Å². The highest BCUT2D eigenvalue weighted by Gasteiger charge is 2.52. The lowest BCUT2D eigenvalue weighted by Gasteiger charge is -2.33. The molecule has 1 unspecified atom stereocenters. The predicted molar refractivity (Wildman–Crippen MR) is 114 cm³/mol. The Hall–Kier alpha value is -1.48. The van der Waals surface area contributed by atoms with Crippen LogP contribution in [0.2, 0.25) is 0 Å². The SMILES string of the molecule is CC1Cc2sc(Br)cc2C2=C3C(=O)N4C=Cc5sc(Br)cc5C4=C3C(=O)N21. The highest BCUT2D eigenvalue weighted by atomic mass is 79.9. The van der Waals surface area contributed by atoms with Gasteiger partial charge in [0.1, 0.15) is 0 Å². The number of fused-ring (bicyclic) bond motifs is 7. The molecule has 0 spiro atoms. The van der Waals surface area contributed by atoms with E-state index < -0.39 is 0 Å². The van der Waals surface area contributed by atoms with Crippen molar-refractivity contribution in [2.24, 2.45) is 0 Å². The fraction of sp³-hybridized carbons (Fsp3) is 0.158. The van der Waals surface area contributed by atoms with Crippen LogP contribution >= 0.6 is 54.5 Å². The Kier molecular flexibility index (Phi) is 3.24. The van der Waals surface area contributed by atoms with Crippen LogP contribution in [-0.4, -0.2) is 27.7 Å². The monoisotopic (exact) mass is 520 g/mol. The lowest BCUT2D eigenvalue weighted by molar-refractivity contribution is -0.124. The number of thiophene rings is 2. The second kappa shape index (κ2) is 5.31. The fourth-order valence-electron chi connectivity index (χ4n) is 4.36. The van der Waals surface area contributed by atoms with Crippen molar-refractivity contribution in [2.45, 2.75) is 19.4 Å². The van der Waals surface area contributed by atoms with E-state index in [4.69, 9.17) is 0 Å². The first kappa shape index (κ1) is 16.5. The summed E-state index contributed by atoms with van der Waals surface area (Å²) >= 11 is 10.4. The minimum Gasteiger partial charge on any atom is -0.304 e. The maximum absolute atomic E-state index is 13.5. The number of carbonyl (C=O) groups excluding carboxylic acids is 2. The van der Waals surface area contributed by atoms with Gasteiger partial charge < -0.3 is 4.90 Å². The standard InChI is InChI=1S/C19H10Br2N2O2S2/c1-7-4-11-9(6-13(21)27-11)17-15-14(19(25)23(7)17)16-8-5-12(20)26-10(8)2-3-22(16)18(15)24/h2-3,5-7H,4H2,1H3. The van der Waals surface area contributed by atoms with Gasteiger partial charge in [-0.3, -0.25) is 14.5 Å². The fourth-order valence-corrected chi connectivity index (χ4v) is 7.71. The molecule has 4 nitrogen and oxygen atoms in total. The minimum absolute atomic E-state index is 0.0332. The van der Waals surface area contributed by atoms with Gasteiger partial charge in [0.15, 0.2) is 0 Å². The van der Waals surface area contributed by atoms with Crippen LogP contribution in [0.5, 0.6) is 0 Å². The highest BCUT2D eigenvalue weighted by Crippen LogP contribution is 2.53. The topological polar surface area (TPSA) is 40.6 Å². The Morgan fingerprint density at radius 1 is 1.00 bits per heavy atom. The molecule has 0 N–H and O–H groups in total. The van der Waals surface area contributed by atoms with Crippen molar-refractivity contribution in [2.75, 3.05) is 0 Å². The summed E-state index contributed by atoms with van der Waals surface area (Å²) in [6, 6.07) is 4.07. The first-order chi connectivity index (χ1) is 13.0. The Morgan fingerprint density at radius 2 is 1.70 bits per heavy atom. The van der Waals surface area contributed by atoms with E-state index in [9.17, 15) is 9.59 Å². The van der Waals surface area contributed by atoms with Gasteiger partial charge in [0.05, 0.1) is 30.1 Å². The molecule has 6 heterocycles.